The number of halogens is 1. The number of hydrogen-bond acceptors (Lipinski definition) is 3. The van der Waals surface area contributed by atoms with Crippen LogP contribution in [0.25, 0.3) is 0 Å². The van der Waals surface area contributed by atoms with Gasteiger partial charge in [-0.3, -0.25) is 9.59 Å². The molecule has 0 amide bonds. The average Bonchev–Trinajstić information content (AvgIpc) is 2.46. The molecule has 0 bridgehead atoms. The lowest BCUT2D eigenvalue weighted by Crippen LogP contribution is -2.02. The maximum Gasteiger partial charge on any atom is 0.252 e. The third-order valence-corrected chi connectivity index (χ3v) is 2.92. The first-order valence-corrected chi connectivity index (χ1v) is 5.98. The molecule has 0 heterocycles. The summed E-state index contributed by atoms with van der Waals surface area (Å²) in [6, 6.07) is 13.1. The molecular weight excluding hydrogens is 264 g/mol. The van der Waals surface area contributed by atoms with Crippen molar-refractivity contribution in [3.05, 3.63) is 65.2 Å². The van der Waals surface area contributed by atoms with Crippen LogP contribution in [-0.2, 0) is 0 Å². The first kappa shape index (κ1) is 13.3. The van der Waals surface area contributed by atoms with Crippen molar-refractivity contribution in [1.29, 1.82) is 0 Å². The molecule has 0 aliphatic carbocycles. The van der Waals surface area contributed by atoms with Gasteiger partial charge in [0.05, 0.1) is 7.11 Å². The van der Waals surface area contributed by atoms with Crippen molar-refractivity contribution in [3.8, 4) is 5.75 Å². The Kier molecular flexibility index (Phi) is 3.97. The van der Waals surface area contributed by atoms with Crippen molar-refractivity contribution in [2.24, 2.45) is 0 Å². The van der Waals surface area contributed by atoms with Gasteiger partial charge in [0.1, 0.15) is 5.75 Å². The summed E-state index contributed by atoms with van der Waals surface area (Å²) in [6.45, 7) is 0. The minimum atomic E-state index is -0.541. The molecule has 0 aromatic heterocycles. The highest BCUT2D eigenvalue weighted by atomic mass is 35.5. The normalized spacial score (nSPS) is 10.0. The summed E-state index contributed by atoms with van der Waals surface area (Å²) in [7, 11) is 1.55. The largest absolute Gasteiger partial charge is 0.497 e. The number of hydrogen-bond donors (Lipinski definition) is 0. The molecule has 19 heavy (non-hydrogen) atoms. The van der Waals surface area contributed by atoms with E-state index >= 15 is 0 Å². The summed E-state index contributed by atoms with van der Waals surface area (Å²) in [4.78, 5) is 23.2. The maximum atomic E-state index is 12.2. The standard InChI is InChI=1S/C15H11ClO3/c1-19-13-4-2-3-12(9-13)14(17)10-5-7-11(8-6-10)15(16)18/h2-9H,1H3. The van der Waals surface area contributed by atoms with E-state index in [-0.39, 0.29) is 5.78 Å². The molecule has 0 saturated heterocycles. The quantitative estimate of drug-likeness (QED) is 0.635. The van der Waals surface area contributed by atoms with Gasteiger partial charge in [-0.1, -0.05) is 24.3 Å². The first-order valence-electron chi connectivity index (χ1n) is 5.60. The second kappa shape index (κ2) is 5.67. The Morgan fingerprint density at radius 1 is 0.947 bits per heavy atom. The van der Waals surface area contributed by atoms with Crippen LogP contribution in [0, 0.1) is 0 Å². The fourth-order valence-electron chi connectivity index (χ4n) is 1.68. The lowest BCUT2D eigenvalue weighted by molar-refractivity contribution is 0.103. The second-order valence-electron chi connectivity index (χ2n) is 3.91. The maximum absolute atomic E-state index is 12.2. The fourth-order valence-corrected chi connectivity index (χ4v) is 1.81. The molecule has 0 radical (unpaired) electrons. The second-order valence-corrected chi connectivity index (χ2v) is 4.26. The predicted octanol–water partition coefficient (Wildman–Crippen LogP) is 3.31. The number of ether oxygens (including phenoxy) is 1. The predicted molar refractivity (Wildman–Crippen MR) is 73.1 cm³/mol. The zero-order valence-electron chi connectivity index (χ0n) is 10.2. The monoisotopic (exact) mass is 274 g/mol. The van der Waals surface area contributed by atoms with E-state index in [1.54, 1.807) is 43.5 Å². The molecule has 2 aromatic carbocycles. The van der Waals surface area contributed by atoms with Crippen molar-refractivity contribution >= 4 is 22.6 Å². The number of carbonyl (C=O) groups excluding carboxylic acids is 2. The first-order chi connectivity index (χ1) is 9.11. The number of ketones is 1. The lowest BCUT2D eigenvalue weighted by Gasteiger charge is -2.04. The van der Waals surface area contributed by atoms with E-state index in [0.29, 0.717) is 22.4 Å². The molecule has 0 atom stereocenters. The van der Waals surface area contributed by atoms with Gasteiger partial charge in [-0.15, -0.1) is 0 Å². The molecular formula is C15H11ClO3. The van der Waals surface area contributed by atoms with E-state index in [0.717, 1.165) is 0 Å². The molecule has 0 saturated carbocycles. The molecule has 96 valence electrons. The highest BCUT2D eigenvalue weighted by Crippen LogP contribution is 2.17. The van der Waals surface area contributed by atoms with Crippen LogP contribution in [0.4, 0.5) is 0 Å². The van der Waals surface area contributed by atoms with Crippen LogP contribution in [0.5, 0.6) is 5.75 Å². The SMILES string of the molecule is COc1cccc(C(=O)c2ccc(C(=O)Cl)cc2)c1. The van der Waals surface area contributed by atoms with Crippen LogP contribution in [0.1, 0.15) is 26.3 Å². The van der Waals surface area contributed by atoms with E-state index in [2.05, 4.69) is 0 Å². The zero-order valence-corrected chi connectivity index (χ0v) is 11.0. The van der Waals surface area contributed by atoms with Crippen molar-refractivity contribution in [2.75, 3.05) is 7.11 Å². The van der Waals surface area contributed by atoms with Gasteiger partial charge < -0.3 is 4.74 Å². The van der Waals surface area contributed by atoms with Gasteiger partial charge in [0.25, 0.3) is 5.24 Å². The zero-order chi connectivity index (χ0) is 13.8. The van der Waals surface area contributed by atoms with Gasteiger partial charge in [0.15, 0.2) is 5.78 Å². The summed E-state index contributed by atoms with van der Waals surface area (Å²) in [5.74, 6) is 0.492. The molecule has 0 spiro atoms. The minimum Gasteiger partial charge on any atom is -0.497 e. The lowest BCUT2D eigenvalue weighted by atomic mass is 10.0. The molecule has 0 aliphatic heterocycles. The van der Waals surface area contributed by atoms with Gasteiger partial charge in [0.2, 0.25) is 0 Å². The molecule has 2 rings (SSSR count). The Hall–Kier alpha value is -2.13. The molecule has 3 nitrogen and oxygen atoms in total. The van der Waals surface area contributed by atoms with Gasteiger partial charge in [0, 0.05) is 16.7 Å². The summed E-state index contributed by atoms with van der Waals surface area (Å²) in [6.07, 6.45) is 0. The highest BCUT2D eigenvalue weighted by Gasteiger charge is 2.10. The van der Waals surface area contributed by atoms with Crippen molar-refractivity contribution in [2.45, 2.75) is 0 Å². The smallest absolute Gasteiger partial charge is 0.252 e. The molecule has 0 aliphatic rings. The Labute approximate surface area is 115 Å². The van der Waals surface area contributed by atoms with E-state index < -0.39 is 5.24 Å². The van der Waals surface area contributed by atoms with Crippen LogP contribution in [0.3, 0.4) is 0 Å². The fraction of sp³-hybridized carbons (Fsp3) is 0.0667. The van der Waals surface area contributed by atoms with Crippen LogP contribution in [0.15, 0.2) is 48.5 Å². The van der Waals surface area contributed by atoms with Gasteiger partial charge in [-0.25, -0.2) is 0 Å². The van der Waals surface area contributed by atoms with Crippen LogP contribution in [0.2, 0.25) is 0 Å². The Balaban J connectivity index is 2.30. The van der Waals surface area contributed by atoms with Gasteiger partial charge >= 0.3 is 0 Å². The van der Waals surface area contributed by atoms with E-state index in [9.17, 15) is 9.59 Å². The van der Waals surface area contributed by atoms with Gasteiger partial charge in [-0.2, -0.15) is 0 Å². The molecule has 0 N–H and O–H groups in total. The van der Waals surface area contributed by atoms with Crippen LogP contribution in [-0.4, -0.2) is 18.1 Å². The highest BCUT2D eigenvalue weighted by molar-refractivity contribution is 6.67. The molecule has 2 aromatic rings. The minimum absolute atomic E-state index is 0.132. The van der Waals surface area contributed by atoms with E-state index in [1.165, 1.54) is 12.1 Å². The Morgan fingerprint density at radius 3 is 2.16 bits per heavy atom. The molecule has 0 fully saturated rings. The van der Waals surface area contributed by atoms with Crippen molar-refractivity contribution < 1.29 is 14.3 Å². The van der Waals surface area contributed by atoms with E-state index in [1.807, 2.05) is 0 Å². The van der Waals surface area contributed by atoms with Crippen molar-refractivity contribution in [1.82, 2.24) is 0 Å². The Morgan fingerprint density at radius 2 is 1.58 bits per heavy atom. The third kappa shape index (κ3) is 3.01. The summed E-state index contributed by atoms with van der Waals surface area (Å²) in [5.41, 5.74) is 1.39. The van der Waals surface area contributed by atoms with Crippen molar-refractivity contribution in [3.63, 3.8) is 0 Å². The summed E-state index contributed by atoms with van der Waals surface area (Å²) < 4.78 is 5.08. The van der Waals surface area contributed by atoms with E-state index in [4.69, 9.17) is 16.3 Å². The topological polar surface area (TPSA) is 43.4 Å². The average molecular weight is 275 g/mol. The Bertz CT molecular complexity index is 618. The summed E-state index contributed by atoms with van der Waals surface area (Å²) >= 11 is 5.35. The molecule has 0 unspecified atom stereocenters. The van der Waals surface area contributed by atoms with Gasteiger partial charge in [-0.05, 0) is 35.9 Å². The summed E-state index contributed by atoms with van der Waals surface area (Å²) in [5, 5.41) is -0.541. The molecule has 4 heteroatoms. The third-order valence-electron chi connectivity index (χ3n) is 2.71. The number of methoxy groups -OCH3 is 1. The number of benzene rings is 2. The van der Waals surface area contributed by atoms with Crippen LogP contribution >= 0.6 is 11.6 Å². The van der Waals surface area contributed by atoms with Crippen LogP contribution < -0.4 is 4.74 Å². The number of rotatable bonds is 4. The number of carbonyl (C=O) groups is 2.